The lowest BCUT2D eigenvalue weighted by molar-refractivity contribution is 0.431. The summed E-state index contributed by atoms with van der Waals surface area (Å²) >= 11 is 0. The predicted molar refractivity (Wildman–Crippen MR) is 94.2 cm³/mol. The quantitative estimate of drug-likeness (QED) is 0.595. The molecule has 3 N–H and O–H groups in total. The van der Waals surface area contributed by atoms with E-state index in [1.165, 1.54) is 12.1 Å². The largest absolute Gasteiger partial charge is 0.314 e. The molecule has 1 saturated heterocycles. The number of hydrogen-bond acceptors (Lipinski definition) is 5. The zero-order valence-corrected chi connectivity index (χ0v) is 13.8. The number of rotatable bonds is 6. The van der Waals surface area contributed by atoms with Gasteiger partial charge in [0.1, 0.15) is 11.3 Å². The summed E-state index contributed by atoms with van der Waals surface area (Å²) < 4.78 is 15.0. The van der Waals surface area contributed by atoms with Gasteiger partial charge >= 0.3 is 0 Å². The standard InChI is InChI=1S/C18H21FN6/c19-15-7-5-13(6-8-15)18-14(12-21-23-18)11-20-9-10-25-17-4-2-1-3-16(17)22-24-25/h1-8,14,18,20-21,23H,9-12H2. The van der Waals surface area contributed by atoms with Gasteiger partial charge in [-0.2, -0.15) is 0 Å². The Morgan fingerprint density at radius 1 is 1.16 bits per heavy atom. The third kappa shape index (κ3) is 3.53. The Morgan fingerprint density at radius 3 is 2.88 bits per heavy atom. The van der Waals surface area contributed by atoms with E-state index in [9.17, 15) is 4.39 Å². The van der Waals surface area contributed by atoms with Crippen LogP contribution in [0.2, 0.25) is 0 Å². The first-order chi connectivity index (χ1) is 12.3. The SMILES string of the molecule is Fc1ccc(C2NNCC2CNCCn2nnc3ccccc32)cc1. The fraction of sp³-hybridized carbons (Fsp3) is 0.333. The summed E-state index contributed by atoms with van der Waals surface area (Å²) in [5.74, 6) is 0.197. The van der Waals surface area contributed by atoms with Crippen LogP contribution in [0, 0.1) is 11.7 Å². The van der Waals surface area contributed by atoms with Crippen LogP contribution >= 0.6 is 0 Å². The van der Waals surface area contributed by atoms with Crippen LogP contribution in [-0.2, 0) is 6.54 Å². The highest BCUT2D eigenvalue weighted by Crippen LogP contribution is 2.24. The van der Waals surface area contributed by atoms with Crippen molar-refractivity contribution in [3.8, 4) is 0 Å². The molecule has 3 aromatic rings. The van der Waals surface area contributed by atoms with Crippen LogP contribution in [0.4, 0.5) is 4.39 Å². The van der Waals surface area contributed by atoms with E-state index in [2.05, 4.69) is 26.5 Å². The average Bonchev–Trinajstić information content (AvgIpc) is 3.26. The van der Waals surface area contributed by atoms with Crippen LogP contribution in [0.1, 0.15) is 11.6 Å². The Labute approximate surface area is 145 Å². The lowest BCUT2D eigenvalue weighted by Gasteiger charge is -2.19. The number of nitrogens with zero attached hydrogens (tertiary/aromatic N) is 3. The summed E-state index contributed by atoms with van der Waals surface area (Å²) in [6.07, 6.45) is 0. The van der Waals surface area contributed by atoms with Crippen molar-refractivity contribution in [2.75, 3.05) is 19.6 Å². The van der Waals surface area contributed by atoms with Crippen LogP contribution in [-0.4, -0.2) is 34.6 Å². The van der Waals surface area contributed by atoms with Crippen molar-refractivity contribution in [1.82, 2.24) is 31.2 Å². The molecule has 0 bridgehead atoms. The summed E-state index contributed by atoms with van der Waals surface area (Å²) in [5.41, 5.74) is 9.55. The van der Waals surface area contributed by atoms with Gasteiger partial charge in [-0.05, 0) is 29.8 Å². The van der Waals surface area contributed by atoms with Crippen LogP contribution < -0.4 is 16.2 Å². The number of benzene rings is 2. The molecule has 2 heterocycles. The van der Waals surface area contributed by atoms with E-state index in [0.29, 0.717) is 5.92 Å². The van der Waals surface area contributed by atoms with E-state index in [4.69, 9.17) is 0 Å². The van der Waals surface area contributed by atoms with E-state index in [1.54, 1.807) is 0 Å². The van der Waals surface area contributed by atoms with Gasteiger partial charge < -0.3 is 5.32 Å². The molecular weight excluding hydrogens is 319 g/mol. The predicted octanol–water partition coefficient (Wildman–Crippen LogP) is 1.63. The first-order valence-electron chi connectivity index (χ1n) is 8.54. The number of hydrogen-bond donors (Lipinski definition) is 3. The smallest absolute Gasteiger partial charge is 0.123 e. The number of para-hydroxylation sites is 1. The van der Waals surface area contributed by atoms with Crippen LogP contribution in [0.15, 0.2) is 48.5 Å². The Balaban J connectivity index is 1.31. The molecule has 4 rings (SSSR count). The molecule has 130 valence electrons. The fourth-order valence-electron chi connectivity index (χ4n) is 3.31. The Morgan fingerprint density at radius 2 is 2.00 bits per heavy atom. The number of fused-ring (bicyclic) bond motifs is 1. The minimum Gasteiger partial charge on any atom is -0.314 e. The van der Waals surface area contributed by atoms with Gasteiger partial charge in [0.05, 0.1) is 18.1 Å². The van der Waals surface area contributed by atoms with Crippen molar-refractivity contribution in [2.24, 2.45) is 5.92 Å². The van der Waals surface area contributed by atoms with E-state index in [-0.39, 0.29) is 11.9 Å². The molecule has 0 radical (unpaired) electrons. The topological polar surface area (TPSA) is 66.8 Å². The highest BCUT2D eigenvalue weighted by Gasteiger charge is 2.27. The first-order valence-corrected chi connectivity index (χ1v) is 8.54. The molecule has 0 aliphatic carbocycles. The zero-order valence-electron chi connectivity index (χ0n) is 13.8. The summed E-state index contributed by atoms with van der Waals surface area (Å²) in [6, 6.07) is 14.9. The summed E-state index contributed by atoms with van der Waals surface area (Å²) in [7, 11) is 0. The summed E-state index contributed by atoms with van der Waals surface area (Å²) in [5, 5.41) is 11.9. The van der Waals surface area contributed by atoms with Crippen molar-refractivity contribution in [3.63, 3.8) is 0 Å². The van der Waals surface area contributed by atoms with E-state index in [0.717, 1.165) is 42.8 Å². The lowest BCUT2D eigenvalue weighted by atomic mass is 9.95. The third-order valence-electron chi connectivity index (χ3n) is 4.65. The van der Waals surface area contributed by atoms with E-state index < -0.39 is 0 Å². The zero-order chi connectivity index (χ0) is 17.1. The average molecular weight is 340 g/mol. The van der Waals surface area contributed by atoms with Gasteiger partial charge in [-0.1, -0.05) is 29.5 Å². The summed E-state index contributed by atoms with van der Waals surface area (Å²) in [4.78, 5) is 0. The maximum absolute atomic E-state index is 13.1. The van der Waals surface area contributed by atoms with Crippen molar-refractivity contribution in [1.29, 1.82) is 0 Å². The molecule has 0 spiro atoms. The number of nitrogens with one attached hydrogen (secondary N) is 3. The van der Waals surface area contributed by atoms with Crippen molar-refractivity contribution >= 4 is 11.0 Å². The van der Waals surface area contributed by atoms with Gasteiger partial charge in [-0.15, -0.1) is 5.10 Å². The van der Waals surface area contributed by atoms with Crippen molar-refractivity contribution in [2.45, 2.75) is 12.6 Å². The maximum atomic E-state index is 13.1. The maximum Gasteiger partial charge on any atom is 0.123 e. The Bertz CT molecular complexity index is 831. The second-order valence-corrected chi connectivity index (χ2v) is 6.32. The molecule has 2 unspecified atom stereocenters. The number of aromatic nitrogens is 3. The third-order valence-corrected chi connectivity index (χ3v) is 4.65. The molecule has 2 atom stereocenters. The molecule has 25 heavy (non-hydrogen) atoms. The second-order valence-electron chi connectivity index (χ2n) is 6.32. The van der Waals surface area contributed by atoms with Crippen molar-refractivity contribution in [3.05, 3.63) is 59.9 Å². The van der Waals surface area contributed by atoms with Gasteiger partial charge in [0.2, 0.25) is 0 Å². The molecule has 6 nitrogen and oxygen atoms in total. The van der Waals surface area contributed by atoms with Gasteiger partial charge in [0.15, 0.2) is 0 Å². The first kappa shape index (κ1) is 16.1. The summed E-state index contributed by atoms with van der Waals surface area (Å²) in [6.45, 7) is 3.34. The van der Waals surface area contributed by atoms with Crippen LogP contribution in [0.25, 0.3) is 11.0 Å². The minimum atomic E-state index is -0.204. The van der Waals surface area contributed by atoms with Crippen LogP contribution in [0.3, 0.4) is 0 Å². The molecular formula is C18H21FN6. The lowest BCUT2D eigenvalue weighted by Crippen LogP contribution is -2.30. The molecule has 2 aromatic carbocycles. The molecule has 1 aromatic heterocycles. The Hall–Kier alpha value is -2.35. The molecule has 1 aliphatic heterocycles. The monoisotopic (exact) mass is 340 g/mol. The highest BCUT2D eigenvalue weighted by atomic mass is 19.1. The normalized spacial score (nSPS) is 20.4. The minimum absolute atomic E-state index is 0.181. The highest BCUT2D eigenvalue weighted by molar-refractivity contribution is 5.73. The molecule has 1 aliphatic rings. The number of halogens is 1. The van der Waals surface area contributed by atoms with Crippen LogP contribution in [0.5, 0.6) is 0 Å². The van der Waals surface area contributed by atoms with Gasteiger partial charge in [-0.3, -0.25) is 5.43 Å². The van der Waals surface area contributed by atoms with Crippen molar-refractivity contribution < 1.29 is 4.39 Å². The van der Waals surface area contributed by atoms with E-state index >= 15 is 0 Å². The van der Waals surface area contributed by atoms with Gasteiger partial charge in [-0.25, -0.2) is 14.5 Å². The van der Waals surface area contributed by atoms with E-state index in [1.807, 2.05) is 41.1 Å². The number of hydrazine groups is 1. The van der Waals surface area contributed by atoms with Gasteiger partial charge in [0.25, 0.3) is 0 Å². The van der Waals surface area contributed by atoms with Gasteiger partial charge in [0, 0.05) is 25.6 Å². The second kappa shape index (κ2) is 7.26. The molecule has 0 saturated carbocycles. The molecule has 7 heteroatoms. The molecule has 1 fully saturated rings. The fourth-order valence-corrected chi connectivity index (χ4v) is 3.31. The molecule has 0 amide bonds. The Kier molecular flexibility index (Phi) is 4.69.